The normalized spacial score (nSPS) is 22.9. The molecular formula is C13H18N4OS2. The van der Waals surface area contributed by atoms with Crippen molar-refractivity contribution in [2.75, 3.05) is 11.1 Å². The van der Waals surface area contributed by atoms with Crippen LogP contribution in [0.2, 0.25) is 0 Å². The van der Waals surface area contributed by atoms with E-state index in [1.54, 1.807) is 11.3 Å². The van der Waals surface area contributed by atoms with Gasteiger partial charge in [0.25, 0.3) is 0 Å². The van der Waals surface area contributed by atoms with Gasteiger partial charge in [0.2, 0.25) is 0 Å². The van der Waals surface area contributed by atoms with Crippen molar-refractivity contribution in [1.29, 1.82) is 0 Å². The monoisotopic (exact) mass is 310 g/mol. The fourth-order valence-electron chi connectivity index (χ4n) is 2.48. The molecule has 1 saturated carbocycles. The lowest BCUT2D eigenvalue weighted by molar-refractivity contribution is 0.126. The Morgan fingerprint density at radius 2 is 2.10 bits per heavy atom. The summed E-state index contributed by atoms with van der Waals surface area (Å²) < 4.78 is 4.26. The Balaban J connectivity index is 1.80. The van der Waals surface area contributed by atoms with Gasteiger partial charge in [0, 0.05) is 17.1 Å². The molecule has 0 saturated heterocycles. The van der Waals surface area contributed by atoms with E-state index in [0.717, 1.165) is 46.9 Å². The number of hydrogen-bond donors (Lipinski definition) is 3. The molecule has 3 rings (SSSR count). The van der Waals surface area contributed by atoms with E-state index < -0.39 is 0 Å². The molecular weight excluding hydrogens is 292 g/mol. The molecule has 108 valence electrons. The minimum atomic E-state index is -0.138. The lowest BCUT2D eigenvalue weighted by Gasteiger charge is -2.26. The quantitative estimate of drug-likeness (QED) is 0.812. The number of anilines is 2. The van der Waals surface area contributed by atoms with E-state index in [-0.39, 0.29) is 6.10 Å². The highest BCUT2D eigenvalue weighted by Crippen LogP contribution is 2.39. The van der Waals surface area contributed by atoms with Crippen LogP contribution >= 0.6 is 22.9 Å². The first-order valence-electron chi connectivity index (χ1n) is 6.75. The van der Waals surface area contributed by atoms with Crippen LogP contribution in [-0.2, 0) is 0 Å². The average Bonchev–Trinajstić information content (AvgIpc) is 2.99. The highest BCUT2D eigenvalue weighted by Gasteiger charge is 2.23. The van der Waals surface area contributed by atoms with Crippen LogP contribution in [0.15, 0.2) is 5.38 Å². The lowest BCUT2D eigenvalue weighted by Crippen LogP contribution is -2.28. The van der Waals surface area contributed by atoms with E-state index in [1.807, 2.05) is 12.3 Å². The number of nitrogens with zero attached hydrogens (tertiary/aromatic N) is 2. The largest absolute Gasteiger partial charge is 0.393 e. The molecule has 2 heterocycles. The van der Waals surface area contributed by atoms with Gasteiger partial charge in [-0.05, 0) is 44.1 Å². The van der Waals surface area contributed by atoms with Crippen molar-refractivity contribution in [2.24, 2.45) is 0 Å². The SMILES string of the molecule is Cc1csc(-c2c(N)nsc2NC2CCC(O)CC2)n1. The van der Waals surface area contributed by atoms with Crippen LogP contribution < -0.4 is 11.1 Å². The Morgan fingerprint density at radius 3 is 2.75 bits per heavy atom. The maximum atomic E-state index is 9.57. The lowest BCUT2D eigenvalue weighted by atomic mass is 9.93. The molecule has 0 amide bonds. The van der Waals surface area contributed by atoms with Crippen LogP contribution in [0.4, 0.5) is 10.8 Å². The second kappa shape index (κ2) is 5.67. The molecule has 0 unspecified atom stereocenters. The van der Waals surface area contributed by atoms with Crippen LogP contribution in [0.5, 0.6) is 0 Å². The first-order valence-corrected chi connectivity index (χ1v) is 8.41. The predicted octanol–water partition coefficient (Wildman–Crippen LogP) is 2.87. The topological polar surface area (TPSA) is 84.1 Å². The van der Waals surface area contributed by atoms with E-state index in [9.17, 15) is 5.11 Å². The zero-order chi connectivity index (χ0) is 14.1. The third-order valence-corrected chi connectivity index (χ3v) is 5.35. The van der Waals surface area contributed by atoms with Crippen molar-refractivity contribution in [1.82, 2.24) is 9.36 Å². The van der Waals surface area contributed by atoms with Crippen LogP contribution in [0, 0.1) is 6.92 Å². The number of nitrogen functional groups attached to an aromatic ring is 1. The van der Waals surface area contributed by atoms with Gasteiger partial charge in [-0.15, -0.1) is 11.3 Å². The number of aryl methyl sites for hydroxylation is 1. The molecule has 7 heteroatoms. The molecule has 0 aliphatic heterocycles. The number of nitrogens with one attached hydrogen (secondary N) is 1. The van der Waals surface area contributed by atoms with Gasteiger partial charge in [0.15, 0.2) is 0 Å². The number of aliphatic hydroxyl groups excluding tert-OH is 1. The molecule has 5 nitrogen and oxygen atoms in total. The molecule has 0 radical (unpaired) electrons. The van der Waals surface area contributed by atoms with Gasteiger partial charge in [-0.3, -0.25) is 0 Å². The first-order chi connectivity index (χ1) is 9.63. The van der Waals surface area contributed by atoms with Gasteiger partial charge in [0.05, 0.1) is 11.7 Å². The predicted molar refractivity (Wildman–Crippen MR) is 84.3 cm³/mol. The van der Waals surface area contributed by atoms with Crippen molar-refractivity contribution in [3.05, 3.63) is 11.1 Å². The minimum absolute atomic E-state index is 0.138. The zero-order valence-corrected chi connectivity index (χ0v) is 12.9. The van der Waals surface area contributed by atoms with Gasteiger partial charge < -0.3 is 16.2 Å². The molecule has 1 aliphatic carbocycles. The summed E-state index contributed by atoms with van der Waals surface area (Å²) in [6, 6.07) is 0.387. The summed E-state index contributed by atoms with van der Waals surface area (Å²) >= 11 is 2.99. The van der Waals surface area contributed by atoms with Crippen molar-refractivity contribution in [3.63, 3.8) is 0 Å². The summed E-state index contributed by atoms with van der Waals surface area (Å²) in [4.78, 5) is 4.50. The number of thiazole rings is 1. The van der Waals surface area contributed by atoms with E-state index in [4.69, 9.17) is 5.73 Å². The molecule has 1 fully saturated rings. The number of nitrogens with two attached hydrogens (primary N) is 1. The van der Waals surface area contributed by atoms with Gasteiger partial charge in [-0.2, -0.15) is 4.37 Å². The van der Waals surface area contributed by atoms with Crippen molar-refractivity contribution < 1.29 is 5.11 Å². The van der Waals surface area contributed by atoms with E-state index in [1.165, 1.54) is 11.5 Å². The highest BCUT2D eigenvalue weighted by molar-refractivity contribution is 7.15. The summed E-state index contributed by atoms with van der Waals surface area (Å²) in [5.41, 5.74) is 7.93. The molecule has 2 aromatic heterocycles. The molecule has 0 atom stereocenters. The highest BCUT2D eigenvalue weighted by atomic mass is 32.1. The molecule has 0 aromatic carbocycles. The van der Waals surface area contributed by atoms with E-state index in [2.05, 4.69) is 14.7 Å². The number of hydrogen-bond acceptors (Lipinski definition) is 7. The standard InChI is InChI=1S/C13H18N4OS2/c1-7-6-19-12(15-7)10-11(14)17-20-13(10)16-8-2-4-9(18)5-3-8/h6,8-9,16,18H,2-5H2,1H3,(H2,14,17). The summed E-state index contributed by atoms with van der Waals surface area (Å²) in [6.07, 6.45) is 3.54. The van der Waals surface area contributed by atoms with Crippen molar-refractivity contribution in [3.8, 4) is 10.6 Å². The maximum absolute atomic E-state index is 9.57. The van der Waals surface area contributed by atoms with Crippen molar-refractivity contribution in [2.45, 2.75) is 44.8 Å². The van der Waals surface area contributed by atoms with E-state index in [0.29, 0.717) is 11.9 Å². The van der Waals surface area contributed by atoms with Crippen LogP contribution in [-0.4, -0.2) is 26.6 Å². The summed E-state index contributed by atoms with van der Waals surface area (Å²) in [7, 11) is 0. The summed E-state index contributed by atoms with van der Waals surface area (Å²) in [5.74, 6) is 0.544. The third kappa shape index (κ3) is 2.79. The Labute approximate surface area is 126 Å². The van der Waals surface area contributed by atoms with Crippen LogP contribution in [0.3, 0.4) is 0 Å². The molecule has 1 aliphatic rings. The van der Waals surface area contributed by atoms with E-state index >= 15 is 0 Å². The fourth-order valence-corrected chi connectivity index (χ4v) is 4.20. The molecule has 2 aromatic rings. The van der Waals surface area contributed by atoms with Crippen LogP contribution in [0.25, 0.3) is 10.6 Å². The van der Waals surface area contributed by atoms with Gasteiger partial charge in [-0.1, -0.05) is 0 Å². The van der Waals surface area contributed by atoms with Crippen molar-refractivity contribution >= 4 is 33.7 Å². The minimum Gasteiger partial charge on any atom is -0.393 e. The van der Waals surface area contributed by atoms with Crippen LogP contribution in [0.1, 0.15) is 31.4 Å². The summed E-state index contributed by atoms with van der Waals surface area (Å²) in [6.45, 7) is 1.98. The number of aliphatic hydroxyl groups is 1. The Hall–Kier alpha value is -1.18. The Morgan fingerprint density at radius 1 is 1.35 bits per heavy atom. The first kappa shape index (κ1) is 13.8. The number of rotatable bonds is 3. The summed E-state index contributed by atoms with van der Waals surface area (Å²) in [5, 5.41) is 17.0. The number of aromatic nitrogens is 2. The second-order valence-electron chi connectivity index (χ2n) is 5.22. The Bertz CT molecular complexity index is 587. The molecule has 0 bridgehead atoms. The molecule has 4 N–H and O–H groups in total. The Kier molecular flexibility index (Phi) is 3.91. The third-order valence-electron chi connectivity index (χ3n) is 3.58. The molecule has 20 heavy (non-hydrogen) atoms. The zero-order valence-electron chi connectivity index (χ0n) is 11.3. The van der Waals surface area contributed by atoms with Gasteiger partial charge in [0.1, 0.15) is 15.8 Å². The fraction of sp³-hybridized carbons (Fsp3) is 0.538. The van der Waals surface area contributed by atoms with Gasteiger partial charge in [-0.25, -0.2) is 4.98 Å². The second-order valence-corrected chi connectivity index (χ2v) is 6.85. The average molecular weight is 310 g/mol. The molecule has 0 spiro atoms. The maximum Gasteiger partial charge on any atom is 0.149 e. The van der Waals surface area contributed by atoms with Gasteiger partial charge >= 0.3 is 0 Å². The smallest absolute Gasteiger partial charge is 0.149 e.